The van der Waals surface area contributed by atoms with Gasteiger partial charge in [0.2, 0.25) is 17.7 Å². The number of carbonyl (C=O) groups is 4. The van der Waals surface area contributed by atoms with Crippen molar-refractivity contribution >= 4 is 35.2 Å². The number of ether oxygens (including phenoxy) is 1. The number of aliphatic hydroxyl groups is 1. The van der Waals surface area contributed by atoms with Crippen LogP contribution in [-0.4, -0.2) is 112 Å². The minimum absolute atomic E-state index is 0.0237. The summed E-state index contributed by atoms with van der Waals surface area (Å²) >= 11 is 6.26. The average molecular weight is 971 g/mol. The maximum atomic E-state index is 14.1. The molecule has 3 aromatic carbocycles. The predicted octanol–water partition coefficient (Wildman–Crippen LogP) is 7.04. The number of hydrogen-bond acceptors (Lipinski definition) is 10. The van der Waals surface area contributed by atoms with E-state index < -0.39 is 30.0 Å². The van der Waals surface area contributed by atoms with Crippen molar-refractivity contribution in [3.8, 4) is 23.7 Å². The third kappa shape index (κ3) is 10.6. The number of hydrogen-bond donors (Lipinski definition) is 3. The first-order chi connectivity index (χ1) is 33.3. The molecule has 8 rings (SSSR count). The lowest BCUT2D eigenvalue weighted by molar-refractivity contribution is -0.164. The van der Waals surface area contributed by atoms with Crippen LogP contribution in [0.25, 0.3) is 0 Å². The van der Waals surface area contributed by atoms with Crippen LogP contribution in [0.4, 0.5) is 0 Å². The van der Waals surface area contributed by atoms with Gasteiger partial charge >= 0.3 is 0 Å². The zero-order valence-electron chi connectivity index (χ0n) is 41.1. The van der Waals surface area contributed by atoms with Gasteiger partial charge in [0.1, 0.15) is 35.6 Å². The molecule has 15 heteroatoms. The van der Waals surface area contributed by atoms with Crippen LogP contribution in [-0.2, 0) is 14.4 Å². The molecule has 4 amide bonds. The third-order valence-corrected chi connectivity index (χ3v) is 15.2. The van der Waals surface area contributed by atoms with Crippen LogP contribution in [0.1, 0.15) is 118 Å². The van der Waals surface area contributed by atoms with Crippen molar-refractivity contribution in [1.82, 2.24) is 30.5 Å². The fourth-order valence-electron chi connectivity index (χ4n) is 11.3. The summed E-state index contributed by atoms with van der Waals surface area (Å²) in [5.74, 6) is 6.22. The molecule has 4 atom stereocenters. The molecule has 0 spiro atoms. The Hall–Kier alpha value is -6.19. The number of piperidine rings is 1. The molecular formula is C55H64ClN7O7. The summed E-state index contributed by atoms with van der Waals surface area (Å²) in [4.78, 5) is 61.2. The molecule has 4 heterocycles. The second-order valence-corrected chi connectivity index (χ2v) is 21.5. The lowest BCUT2D eigenvalue weighted by Gasteiger charge is -2.63. The van der Waals surface area contributed by atoms with Gasteiger partial charge in [-0.1, -0.05) is 100 Å². The van der Waals surface area contributed by atoms with Crippen LogP contribution in [0.2, 0.25) is 5.02 Å². The Morgan fingerprint density at radius 1 is 0.957 bits per heavy atom. The van der Waals surface area contributed by atoms with Crippen LogP contribution in [0.15, 0.2) is 83.4 Å². The molecule has 1 aliphatic carbocycles. The highest BCUT2D eigenvalue weighted by atomic mass is 35.5. The molecule has 4 aromatic rings. The maximum Gasteiger partial charge on any atom is 0.251 e. The zero-order valence-corrected chi connectivity index (χ0v) is 41.8. The number of aliphatic hydroxyl groups excluding tert-OH is 1. The number of benzene rings is 3. The summed E-state index contributed by atoms with van der Waals surface area (Å²) in [6, 6.07) is 24.3. The van der Waals surface area contributed by atoms with E-state index in [4.69, 9.17) is 20.9 Å². The number of likely N-dealkylation sites (tertiary alicyclic amines) is 3. The summed E-state index contributed by atoms with van der Waals surface area (Å²) in [5, 5.41) is 30.6. The van der Waals surface area contributed by atoms with Gasteiger partial charge in [-0.2, -0.15) is 5.26 Å². The van der Waals surface area contributed by atoms with Gasteiger partial charge in [-0.15, -0.1) is 0 Å². The second-order valence-electron chi connectivity index (χ2n) is 21.1. The average Bonchev–Trinajstić information content (AvgIpc) is 3.94. The number of nitriles is 1. The molecule has 1 saturated carbocycles. The number of aromatic nitrogens is 1. The summed E-state index contributed by atoms with van der Waals surface area (Å²) in [7, 11) is 0. The van der Waals surface area contributed by atoms with Crippen molar-refractivity contribution < 1.29 is 33.5 Å². The smallest absolute Gasteiger partial charge is 0.251 e. The highest BCUT2D eigenvalue weighted by Gasteiger charge is 2.64. The Bertz CT molecular complexity index is 2660. The van der Waals surface area contributed by atoms with Crippen LogP contribution in [0, 0.1) is 52.8 Å². The van der Waals surface area contributed by atoms with Gasteiger partial charge in [0.15, 0.2) is 0 Å². The molecule has 14 nitrogen and oxygen atoms in total. The number of nitrogens with zero attached hydrogens (tertiary/aromatic N) is 5. The van der Waals surface area contributed by atoms with E-state index in [-0.39, 0.29) is 71.9 Å². The van der Waals surface area contributed by atoms with Crippen molar-refractivity contribution in [2.24, 2.45) is 22.7 Å². The standard InChI is InChI=1S/C55H64ClN7O7/c1-33(2)48(46-25-34(3)60-70-46)51(68)63-32-41(64)26-45(63)50(67)58-44(37-11-9-8-10-12-37)28-47(65)61-23-21-40(22-24-61)62-30-36(31-62)14-13-35-15-17-38(18-16-35)49(66)59-52-54(4,5)53(55(52,6)7)69-42-20-19-39(29-57)43(56)27-42/h8-12,15-20,25,27,33,36,40-41,44-45,48,52-53,64H,21-24,26,28,30-32H2,1-7H3,(H,58,67)(H,59,66). The van der Waals surface area contributed by atoms with E-state index in [2.05, 4.69) is 66.3 Å². The van der Waals surface area contributed by atoms with E-state index in [1.165, 1.54) is 4.90 Å². The molecule has 0 bridgehead atoms. The molecule has 368 valence electrons. The van der Waals surface area contributed by atoms with Gasteiger partial charge in [0.25, 0.3) is 5.91 Å². The molecule has 4 fully saturated rings. The quantitative estimate of drug-likeness (QED) is 0.118. The van der Waals surface area contributed by atoms with Gasteiger partial charge < -0.3 is 34.8 Å². The molecule has 1 aromatic heterocycles. The minimum Gasteiger partial charge on any atom is -0.489 e. The fraction of sp³-hybridized carbons (Fsp3) is 0.491. The van der Waals surface area contributed by atoms with Crippen molar-refractivity contribution in [1.29, 1.82) is 5.26 Å². The predicted molar refractivity (Wildman–Crippen MR) is 264 cm³/mol. The number of carbonyl (C=O) groups excluding carboxylic acids is 4. The van der Waals surface area contributed by atoms with Gasteiger partial charge in [-0.3, -0.25) is 24.1 Å². The van der Waals surface area contributed by atoms with Crippen molar-refractivity contribution in [3.63, 3.8) is 0 Å². The van der Waals surface area contributed by atoms with Gasteiger partial charge in [-0.25, -0.2) is 0 Å². The van der Waals surface area contributed by atoms with E-state index in [0.717, 1.165) is 37.1 Å². The lowest BCUT2D eigenvalue weighted by Crippen LogP contribution is -2.74. The molecule has 4 aliphatic rings. The van der Waals surface area contributed by atoms with E-state index in [1.54, 1.807) is 31.2 Å². The first-order valence-corrected chi connectivity index (χ1v) is 24.8. The number of rotatable bonds is 13. The third-order valence-electron chi connectivity index (χ3n) is 14.9. The minimum atomic E-state index is -0.909. The Morgan fingerprint density at radius 3 is 2.26 bits per heavy atom. The monoisotopic (exact) mass is 969 g/mol. The van der Waals surface area contributed by atoms with E-state index in [0.29, 0.717) is 52.5 Å². The van der Waals surface area contributed by atoms with Gasteiger partial charge in [0, 0.05) is 91.2 Å². The topological polar surface area (TPSA) is 181 Å². The second kappa shape index (κ2) is 20.6. The molecule has 0 radical (unpaired) electrons. The Kier molecular flexibility index (Phi) is 14.8. The van der Waals surface area contributed by atoms with Crippen LogP contribution < -0.4 is 15.4 Å². The Labute approximate surface area is 416 Å². The molecule has 70 heavy (non-hydrogen) atoms. The Morgan fingerprint density at radius 2 is 1.64 bits per heavy atom. The van der Waals surface area contributed by atoms with Crippen molar-refractivity contribution in [3.05, 3.63) is 118 Å². The first-order valence-electron chi connectivity index (χ1n) is 24.4. The van der Waals surface area contributed by atoms with Crippen molar-refractivity contribution in [2.75, 3.05) is 32.7 Å². The lowest BCUT2D eigenvalue weighted by atomic mass is 9.49. The summed E-state index contributed by atoms with van der Waals surface area (Å²) < 4.78 is 11.9. The molecule has 3 saturated heterocycles. The van der Waals surface area contributed by atoms with Crippen LogP contribution >= 0.6 is 11.6 Å². The van der Waals surface area contributed by atoms with E-state index in [9.17, 15) is 29.5 Å². The van der Waals surface area contributed by atoms with Crippen LogP contribution in [0.3, 0.4) is 0 Å². The molecule has 4 unspecified atom stereocenters. The number of nitrogens with one attached hydrogen (secondary N) is 2. The molecular weight excluding hydrogens is 906 g/mol. The largest absolute Gasteiger partial charge is 0.489 e. The number of halogens is 1. The number of β-amino-alcohol motifs (C(OH)–C–C–N with tert-alkyl or cyclic N) is 1. The fourth-order valence-corrected chi connectivity index (χ4v) is 11.6. The zero-order chi connectivity index (χ0) is 50.1. The van der Waals surface area contributed by atoms with Crippen LogP contribution in [0.5, 0.6) is 5.75 Å². The molecule has 3 N–H and O–H groups in total. The maximum absolute atomic E-state index is 14.1. The van der Waals surface area contributed by atoms with Crippen molar-refractivity contribution in [2.45, 2.75) is 116 Å². The first kappa shape index (κ1) is 50.2. The highest BCUT2D eigenvalue weighted by Crippen LogP contribution is 2.55. The normalized spacial score (nSPS) is 22.9. The van der Waals surface area contributed by atoms with Gasteiger partial charge in [-0.05, 0) is 67.6 Å². The summed E-state index contributed by atoms with van der Waals surface area (Å²) in [6.07, 6.45) is 0.766. The van der Waals surface area contributed by atoms with E-state index in [1.807, 2.05) is 73.3 Å². The Balaban J connectivity index is 0.799. The summed E-state index contributed by atoms with van der Waals surface area (Å²) in [6.45, 7) is 16.9. The van der Waals surface area contributed by atoms with E-state index >= 15 is 0 Å². The number of aryl methyl sites for hydroxylation is 1. The van der Waals surface area contributed by atoms with Gasteiger partial charge in [0.05, 0.1) is 34.8 Å². The summed E-state index contributed by atoms with van der Waals surface area (Å²) in [5.41, 5.74) is 2.47. The molecule has 3 aliphatic heterocycles. The number of amides is 4. The SMILES string of the molecule is Cc1cc(C(C(=O)N2CC(O)CC2C(=O)NC(CC(=O)N2CCC(N3CC(C#Cc4ccc(C(=O)NC5C(C)(C)C(Oc6ccc(C#N)c(Cl)c6)C5(C)C)cc4)C3)CC2)c2ccccc2)C(C)C)on1. The highest BCUT2D eigenvalue weighted by molar-refractivity contribution is 6.31.